The first kappa shape index (κ1) is 42.6. The lowest BCUT2D eigenvalue weighted by atomic mass is 9.32. The molecule has 2 N–H and O–H groups in total. The summed E-state index contributed by atoms with van der Waals surface area (Å²) in [6.07, 6.45) is 12.0. The van der Waals surface area contributed by atoms with Crippen LogP contribution in [-0.4, -0.2) is 35.1 Å². The average molecular weight is 700 g/mol. The number of carboxylic acid groups (broad SMARTS) is 1. The van der Waals surface area contributed by atoms with Crippen LogP contribution in [0.15, 0.2) is 12.2 Å². The standard InChI is InChI=1S/C41H67NO5.C2H6.CH4/c1-25(2)27-14-19-41(22-32(43)42-26(3)4)21-20-39(10)28(35(27)41)12-13-30-38(9)17-16-31(37(7,8)29(38)15-18-40(30,39)11)47-34(46)24-36(5,6)23-33(44)45;1-2;/h26-31,35H,1,12-24H2,2-11H3,(H,42,43)(H,44,45);1-2H3;1H4/t27-,28+,29?,30?,31?,35?,38-,39+,40+,41+;;/m0../s1. The highest BCUT2D eigenvalue weighted by atomic mass is 16.5. The van der Waals surface area contributed by atoms with Crippen molar-refractivity contribution in [3.8, 4) is 0 Å². The number of carbonyl (C=O) groups is 3. The van der Waals surface area contributed by atoms with E-state index < -0.39 is 11.4 Å². The minimum absolute atomic E-state index is 0. The second-order valence-electron chi connectivity index (χ2n) is 19.7. The molecule has 6 heteroatoms. The fourth-order valence-electron chi connectivity index (χ4n) is 13.5. The van der Waals surface area contributed by atoms with Crippen LogP contribution in [0.5, 0.6) is 0 Å². The van der Waals surface area contributed by atoms with E-state index in [1.807, 2.05) is 27.7 Å². The van der Waals surface area contributed by atoms with Crippen molar-refractivity contribution in [3.05, 3.63) is 12.2 Å². The van der Waals surface area contributed by atoms with E-state index in [4.69, 9.17) is 4.74 Å². The van der Waals surface area contributed by atoms with Crippen molar-refractivity contribution in [3.63, 3.8) is 0 Å². The van der Waals surface area contributed by atoms with Gasteiger partial charge in [0.1, 0.15) is 6.10 Å². The monoisotopic (exact) mass is 700 g/mol. The third-order valence-corrected chi connectivity index (χ3v) is 15.7. The largest absolute Gasteiger partial charge is 0.481 e. The van der Waals surface area contributed by atoms with Crippen LogP contribution < -0.4 is 5.32 Å². The number of hydrogen-bond donors (Lipinski definition) is 2. The first-order valence-electron chi connectivity index (χ1n) is 20.0. The molecule has 5 fully saturated rings. The molecule has 0 aromatic carbocycles. The number of amides is 1. The number of aliphatic carboxylic acids is 1. The summed E-state index contributed by atoms with van der Waals surface area (Å²) >= 11 is 0. The van der Waals surface area contributed by atoms with E-state index in [1.165, 1.54) is 37.7 Å². The molecule has 6 nitrogen and oxygen atoms in total. The van der Waals surface area contributed by atoms with Gasteiger partial charge in [0.2, 0.25) is 5.91 Å². The summed E-state index contributed by atoms with van der Waals surface area (Å²) < 4.78 is 6.26. The lowest BCUT2D eigenvalue weighted by Crippen LogP contribution is -2.67. The number of ether oxygens (including phenoxy) is 1. The third kappa shape index (κ3) is 7.22. The van der Waals surface area contributed by atoms with Gasteiger partial charge in [-0.25, -0.2) is 0 Å². The summed E-state index contributed by atoms with van der Waals surface area (Å²) in [5, 5.41) is 12.6. The Hall–Kier alpha value is -1.85. The normalized spacial score (nSPS) is 39.9. The molecular formula is C44H77NO5. The van der Waals surface area contributed by atoms with Gasteiger partial charge in [-0.2, -0.15) is 0 Å². The molecule has 0 bridgehead atoms. The molecule has 5 saturated carbocycles. The maximum absolute atomic E-state index is 13.3. The lowest BCUT2D eigenvalue weighted by molar-refractivity contribution is -0.250. The fraction of sp³-hybridized carbons (Fsp3) is 0.886. The van der Waals surface area contributed by atoms with Gasteiger partial charge >= 0.3 is 11.9 Å². The fourth-order valence-corrected chi connectivity index (χ4v) is 13.5. The molecule has 5 rings (SSSR count). The Bertz CT molecular complexity index is 1270. The van der Waals surface area contributed by atoms with E-state index >= 15 is 0 Å². The summed E-state index contributed by atoms with van der Waals surface area (Å²) in [6, 6.07) is 0.168. The quantitative estimate of drug-likeness (QED) is 0.185. The smallest absolute Gasteiger partial charge is 0.306 e. The summed E-state index contributed by atoms with van der Waals surface area (Å²) in [4.78, 5) is 37.9. The van der Waals surface area contributed by atoms with Gasteiger partial charge in [0.25, 0.3) is 0 Å². The predicted octanol–water partition coefficient (Wildman–Crippen LogP) is 11.0. The van der Waals surface area contributed by atoms with Gasteiger partial charge in [-0.05, 0) is 142 Å². The van der Waals surface area contributed by atoms with Crippen LogP contribution in [0.2, 0.25) is 0 Å². The Morgan fingerprint density at radius 3 is 2.08 bits per heavy atom. The number of carbonyl (C=O) groups excluding carboxylic acids is 2. The van der Waals surface area contributed by atoms with E-state index in [0.29, 0.717) is 36.0 Å². The van der Waals surface area contributed by atoms with E-state index in [1.54, 1.807) is 0 Å². The third-order valence-electron chi connectivity index (χ3n) is 15.7. The van der Waals surface area contributed by atoms with Crippen LogP contribution in [0.3, 0.4) is 0 Å². The molecule has 0 aromatic rings. The molecule has 10 atom stereocenters. The molecule has 0 saturated heterocycles. The zero-order valence-electron chi connectivity index (χ0n) is 33.5. The summed E-state index contributed by atoms with van der Waals surface area (Å²) in [7, 11) is 0. The topological polar surface area (TPSA) is 92.7 Å². The van der Waals surface area contributed by atoms with Crippen LogP contribution in [0, 0.1) is 62.1 Å². The van der Waals surface area contributed by atoms with Crippen molar-refractivity contribution in [2.24, 2.45) is 62.1 Å². The highest BCUT2D eigenvalue weighted by Gasteiger charge is 2.71. The van der Waals surface area contributed by atoms with Crippen LogP contribution >= 0.6 is 0 Å². The molecule has 5 aliphatic carbocycles. The predicted molar refractivity (Wildman–Crippen MR) is 205 cm³/mol. The van der Waals surface area contributed by atoms with Crippen molar-refractivity contribution in [2.75, 3.05) is 0 Å². The van der Waals surface area contributed by atoms with E-state index in [2.05, 4.69) is 67.3 Å². The van der Waals surface area contributed by atoms with Crippen LogP contribution in [-0.2, 0) is 19.1 Å². The first-order chi connectivity index (χ1) is 22.6. The highest BCUT2D eigenvalue weighted by molar-refractivity contribution is 5.77. The molecule has 0 spiro atoms. The summed E-state index contributed by atoms with van der Waals surface area (Å²) in [5.41, 5.74) is 1.22. The Labute approximate surface area is 307 Å². The van der Waals surface area contributed by atoms with Crippen LogP contribution in [0.4, 0.5) is 0 Å². The van der Waals surface area contributed by atoms with Gasteiger partial charge in [-0.3, -0.25) is 14.4 Å². The molecule has 1 amide bonds. The average Bonchev–Trinajstić information content (AvgIpc) is 3.34. The minimum Gasteiger partial charge on any atom is -0.481 e. The summed E-state index contributed by atoms with van der Waals surface area (Å²) in [6.45, 7) is 31.1. The van der Waals surface area contributed by atoms with Gasteiger partial charge in [-0.1, -0.05) is 81.9 Å². The number of rotatable bonds is 9. The molecule has 50 heavy (non-hydrogen) atoms. The number of carboxylic acids is 1. The molecule has 288 valence electrons. The number of allylic oxidation sites excluding steroid dienone is 1. The zero-order valence-corrected chi connectivity index (χ0v) is 33.5. The van der Waals surface area contributed by atoms with Gasteiger partial charge in [0.05, 0.1) is 12.8 Å². The van der Waals surface area contributed by atoms with Crippen molar-refractivity contribution in [2.45, 2.75) is 186 Å². The van der Waals surface area contributed by atoms with E-state index in [9.17, 15) is 19.5 Å². The van der Waals surface area contributed by atoms with E-state index in [0.717, 1.165) is 32.1 Å². The van der Waals surface area contributed by atoms with Crippen molar-refractivity contribution < 1.29 is 24.2 Å². The maximum atomic E-state index is 13.3. The number of nitrogens with one attached hydrogen (secondary N) is 1. The van der Waals surface area contributed by atoms with Crippen molar-refractivity contribution in [1.82, 2.24) is 5.32 Å². The lowest BCUT2D eigenvalue weighted by Gasteiger charge is -2.73. The zero-order chi connectivity index (χ0) is 37.0. The molecule has 4 unspecified atom stereocenters. The van der Waals surface area contributed by atoms with Crippen LogP contribution in [0.1, 0.15) is 174 Å². The SMILES string of the molecule is C.C=C(C)[C@@H]1CC[C@]2(CC(=O)NC(C)C)CC[C@]3(C)[C@H](CCC4[C@@]5(C)CCC(OC(=O)CC(C)(C)CC(=O)O)C(C)(C)C5CC[C@]43C)C12.CC. The molecule has 5 aliphatic rings. The van der Waals surface area contributed by atoms with Crippen LogP contribution in [0.25, 0.3) is 0 Å². The van der Waals surface area contributed by atoms with Crippen molar-refractivity contribution >= 4 is 17.8 Å². The molecule has 0 aliphatic heterocycles. The second-order valence-corrected chi connectivity index (χ2v) is 19.7. The number of fused-ring (bicyclic) bond motifs is 7. The molecule has 0 aromatic heterocycles. The van der Waals surface area contributed by atoms with Gasteiger partial charge in [0, 0.05) is 17.9 Å². The first-order valence-corrected chi connectivity index (χ1v) is 20.0. The van der Waals surface area contributed by atoms with Gasteiger partial charge in [0.15, 0.2) is 0 Å². The van der Waals surface area contributed by atoms with Gasteiger partial charge in [-0.15, -0.1) is 0 Å². The van der Waals surface area contributed by atoms with Crippen molar-refractivity contribution in [1.29, 1.82) is 0 Å². The maximum Gasteiger partial charge on any atom is 0.306 e. The molecular weight excluding hydrogens is 622 g/mol. The Kier molecular flexibility index (Phi) is 12.7. The Morgan fingerprint density at radius 1 is 0.860 bits per heavy atom. The van der Waals surface area contributed by atoms with Gasteiger partial charge < -0.3 is 15.2 Å². The number of hydrogen-bond acceptors (Lipinski definition) is 4. The Balaban J connectivity index is 0.00000221. The summed E-state index contributed by atoms with van der Waals surface area (Å²) in [5.74, 6) is 1.80. The molecule has 0 heterocycles. The van der Waals surface area contributed by atoms with E-state index in [-0.39, 0.29) is 71.4 Å². The highest BCUT2D eigenvalue weighted by Crippen LogP contribution is 2.78. The number of esters is 1. The minimum atomic E-state index is -0.881. The Morgan fingerprint density at radius 2 is 1.50 bits per heavy atom. The second kappa shape index (κ2) is 14.9. The molecule has 0 radical (unpaired) electrons.